The zero-order chi connectivity index (χ0) is 17.5. The molecule has 0 aromatic heterocycles. The van der Waals surface area contributed by atoms with Crippen LogP contribution in [0.15, 0.2) is 53.4 Å². The van der Waals surface area contributed by atoms with E-state index in [9.17, 15) is 12.8 Å². The van der Waals surface area contributed by atoms with Crippen LogP contribution in [0.4, 0.5) is 4.39 Å². The lowest BCUT2D eigenvalue weighted by Gasteiger charge is -2.11. The lowest BCUT2D eigenvalue weighted by molar-refractivity contribution is 0.171. The molecule has 3 rings (SSSR count). The third kappa shape index (κ3) is 2.75. The van der Waals surface area contributed by atoms with Crippen molar-refractivity contribution < 1.29 is 17.5 Å². The molecule has 0 spiro atoms. The van der Waals surface area contributed by atoms with Crippen molar-refractivity contribution in [3.63, 3.8) is 0 Å². The summed E-state index contributed by atoms with van der Waals surface area (Å²) in [7, 11) is -2.17. The van der Waals surface area contributed by atoms with E-state index in [0.717, 1.165) is 5.56 Å². The Morgan fingerprint density at radius 3 is 2.46 bits per heavy atom. The summed E-state index contributed by atoms with van der Waals surface area (Å²) in [6.45, 7) is 1.98. The summed E-state index contributed by atoms with van der Waals surface area (Å²) >= 11 is 0. The molecule has 0 radical (unpaired) electrons. The Morgan fingerprint density at radius 1 is 1.21 bits per heavy atom. The first-order valence-electron chi connectivity index (χ1n) is 7.64. The highest BCUT2D eigenvalue weighted by Gasteiger charge is 2.69. The minimum atomic E-state index is -3.65. The standard InChI is InChI=1S/C18H20FNO3S/c1-12-6-8-15(9-7-12)24(21,22)17-16(18(17,20)11-23-2)13-4-3-5-14(19)10-13/h3-10,16-17H,11,20H2,1-2H3/t16-,17-,18+/m0/s1. The van der Waals surface area contributed by atoms with Gasteiger partial charge < -0.3 is 10.5 Å². The predicted octanol–water partition coefficient (Wildman–Crippen LogP) is 2.42. The molecule has 24 heavy (non-hydrogen) atoms. The molecule has 1 saturated carbocycles. The molecule has 0 heterocycles. The molecule has 1 fully saturated rings. The number of ether oxygens (including phenoxy) is 1. The fraction of sp³-hybridized carbons (Fsp3) is 0.333. The summed E-state index contributed by atoms with van der Waals surface area (Å²) in [5.41, 5.74) is 6.84. The zero-order valence-corrected chi connectivity index (χ0v) is 14.4. The second kappa shape index (κ2) is 5.95. The first-order valence-corrected chi connectivity index (χ1v) is 9.19. The Morgan fingerprint density at radius 2 is 1.88 bits per heavy atom. The SMILES string of the molecule is COC[C@@]1(N)[C@@H](c2cccc(F)c2)[C@@H]1S(=O)(=O)c1ccc(C)cc1. The third-order valence-corrected chi connectivity index (χ3v) is 6.90. The Labute approximate surface area is 141 Å². The van der Waals surface area contributed by atoms with Gasteiger partial charge in [0, 0.05) is 13.0 Å². The fourth-order valence-electron chi connectivity index (χ4n) is 3.37. The van der Waals surface area contributed by atoms with Crippen molar-refractivity contribution in [1.29, 1.82) is 0 Å². The number of benzene rings is 2. The van der Waals surface area contributed by atoms with E-state index in [0.29, 0.717) is 5.56 Å². The van der Waals surface area contributed by atoms with Crippen molar-refractivity contribution in [3.05, 3.63) is 65.5 Å². The van der Waals surface area contributed by atoms with Gasteiger partial charge in [-0.2, -0.15) is 0 Å². The molecule has 0 bridgehead atoms. The molecule has 0 saturated heterocycles. The smallest absolute Gasteiger partial charge is 0.183 e. The number of halogens is 1. The van der Waals surface area contributed by atoms with Gasteiger partial charge in [0.2, 0.25) is 0 Å². The molecule has 2 N–H and O–H groups in total. The third-order valence-electron chi connectivity index (χ3n) is 4.59. The summed E-state index contributed by atoms with van der Waals surface area (Å²) in [5.74, 6) is -0.912. The van der Waals surface area contributed by atoms with Gasteiger partial charge in [0.05, 0.1) is 22.3 Å². The molecule has 128 valence electrons. The van der Waals surface area contributed by atoms with E-state index in [1.807, 2.05) is 6.92 Å². The van der Waals surface area contributed by atoms with E-state index in [4.69, 9.17) is 10.5 Å². The van der Waals surface area contributed by atoms with E-state index in [-0.39, 0.29) is 11.5 Å². The maximum Gasteiger partial charge on any atom is 0.183 e. The molecule has 0 unspecified atom stereocenters. The van der Waals surface area contributed by atoms with Crippen molar-refractivity contribution in [1.82, 2.24) is 0 Å². The lowest BCUT2D eigenvalue weighted by atomic mass is 10.1. The van der Waals surface area contributed by atoms with Gasteiger partial charge in [-0.25, -0.2) is 12.8 Å². The molecule has 4 nitrogen and oxygen atoms in total. The lowest BCUT2D eigenvalue weighted by Crippen LogP contribution is -2.35. The van der Waals surface area contributed by atoms with Crippen LogP contribution in [0.3, 0.4) is 0 Å². The number of hydrogen-bond donors (Lipinski definition) is 1. The number of rotatable bonds is 5. The Balaban J connectivity index is 2.03. The van der Waals surface area contributed by atoms with Crippen LogP contribution in [0.5, 0.6) is 0 Å². The van der Waals surface area contributed by atoms with Crippen molar-refractivity contribution in [2.75, 3.05) is 13.7 Å². The van der Waals surface area contributed by atoms with Gasteiger partial charge in [-0.1, -0.05) is 29.8 Å². The average Bonchev–Trinajstić information content (AvgIpc) is 3.14. The Bertz CT molecular complexity index is 851. The van der Waals surface area contributed by atoms with Crippen LogP contribution in [0, 0.1) is 12.7 Å². The minimum absolute atomic E-state index is 0.0872. The zero-order valence-electron chi connectivity index (χ0n) is 13.6. The van der Waals surface area contributed by atoms with E-state index in [2.05, 4.69) is 0 Å². The highest BCUT2D eigenvalue weighted by molar-refractivity contribution is 7.92. The summed E-state index contributed by atoms with van der Waals surface area (Å²) < 4.78 is 44.8. The van der Waals surface area contributed by atoms with Crippen LogP contribution >= 0.6 is 0 Å². The number of aryl methyl sites for hydroxylation is 1. The number of methoxy groups -OCH3 is 1. The maximum atomic E-state index is 13.6. The van der Waals surface area contributed by atoms with Crippen molar-refractivity contribution in [3.8, 4) is 0 Å². The largest absolute Gasteiger partial charge is 0.383 e. The van der Waals surface area contributed by atoms with Crippen molar-refractivity contribution in [2.24, 2.45) is 5.73 Å². The first-order chi connectivity index (χ1) is 11.3. The van der Waals surface area contributed by atoms with Crippen LogP contribution < -0.4 is 5.73 Å². The van der Waals surface area contributed by atoms with Gasteiger partial charge >= 0.3 is 0 Å². The second-order valence-corrected chi connectivity index (χ2v) is 8.43. The van der Waals surface area contributed by atoms with Gasteiger partial charge in [0.25, 0.3) is 0 Å². The molecule has 6 heteroatoms. The van der Waals surface area contributed by atoms with Crippen LogP contribution in [-0.4, -0.2) is 32.9 Å². The fourth-order valence-corrected chi connectivity index (χ4v) is 5.66. The molecule has 2 aromatic rings. The highest BCUT2D eigenvalue weighted by atomic mass is 32.2. The van der Waals surface area contributed by atoms with E-state index in [1.165, 1.54) is 19.2 Å². The number of hydrogen-bond acceptors (Lipinski definition) is 4. The molecule has 1 aliphatic carbocycles. The first kappa shape index (κ1) is 17.1. The molecular formula is C18H20FNO3S. The van der Waals surface area contributed by atoms with Gasteiger partial charge in [-0.3, -0.25) is 0 Å². The topological polar surface area (TPSA) is 69.4 Å². The van der Waals surface area contributed by atoms with Crippen LogP contribution in [0.2, 0.25) is 0 Å². The van der Waals surface area contributed by atoms with E-state index in [1.54, 1.807) is 36.4 Å². The normalized spacial score (nSPS) is 26.3. The molecule has 0 amide bonds. The monoisotopic (exact) mass is 349 g/mol. The Kier molecular flexibility index (Phi) is 4.23. The van der Waals surface area contributed by atoms with E-state index < -0.39 is 32.4 Å². The minimum Gasteiger partial charge on any atom is -0.383 e. The molecule has 1 aliphatic rings. The summed E-state index contributed by atoms with van der Waals surface area (Å²) in [6.07, 6.45) is 0. The van der Waals surface area contributed by atoms with Gasteiger partial charge in [0.15, 0.2) is 9.84 Å². The summed E-state index contributed by atoms with van der Waals surface area (Å²) in [5, 5.41) is -0.838. The maximum absolute atomic E-state index is 13.6. The Hall–Kier alpha value is -1.76. The van der Waals surface area contributed by atoms with Crippen LogP contribution in [0.25, 0.3) is 0 Å². The molecule has 3 atom stereocenters. The number of sulfone groups is 1. The van der Waals surface area contributed by atoms with Gasteiger partial charge in [-0.15, -0.1) is 0 Å². The van der Waals surface area contributed by atoms with E-state index >= 15 is 0 Å². The quantitative estimate of drug-likeness (QED) is 0.900. The van der Waals surface area contributed by atoms with Crippen molar-refractivity contribution in [2.45, 2.75) is 28.5 Å². The second-order valence-electron chi connectivity index (χ2n) is 6.36. The average molecular weight is 349 g/mol. The van der Waals surface area contributed by atoms with Crippen LogP contribution in [-0.2, 0) is 14.6 Å². The molecule has 0 aliphatic heterocycles. The van der Waals surface area contributed by atoms with Gasteiger partial charge in [0.1, 0.15) is 5.82 Å². The highest BCUT2D eigenvalue weighted by Crippen LogP contribution is 2.55. The predicted molar refractivity (Wildman–Crippen MR) is 90.1 cm³/mol. The summed E-state index contributed by atoms with van der Waals surface area (Å²) in [4.78, 5) is 0.225. The molecular weight excluding hydrogens is 329 g/mol. The summed E-state index contributed by atoms with van der Waals surface area (Å²) in [6, 6.07) is 12.6. The van der Waals surface area contributed by atoms with Crippen LogP contribution in [0.1, 0.15) is 17.0 Å². The van der Waals surface area contributed by atoms with Gasteiger partial charge in [-0.05, 0) is 36.8 Å². The number of nitrogens with two attached hydrogens (primary N) is 1. The van der Waals surface area contributed by atoms with Crippen molar-refractivity contribution >= 4 is 9.84 Å². The molecule has 2 aromatic carbocycles.